The summed E-state index contributed by atoms with van der Waals surface area (Å²) in [6.45, 7) is 5.80. The maximum atomic E-state index is 12.7. The summed E-state index contributed by atoms with van der Waals surface area (Å²) >= 11 is 0. The fraction of sp³-hybridized carbons (Fsp3) is 0.500. The van der Waals surface area contributed by atoms with E-state index >= 15 is 0 Å². The number of nitrogens with zero attached hydrogens (tertiary/aromatic N) is 2. The SMILES string of the molecule is CC(C)N1CCN(C(=O)C2CCC(=O)N2)c2ccccc21. The molecule has 5 nitrogen and oxygen atoms in total. The molecule has 3 rings (SSSR count). The average molecular weight is 287 g/mol. The van der Waals surface area contributed by atoms with Gasteiger partial charge in [0.05, 0.1) is 11.4 Å². The molecule has 2 amide bonds. The van der Waals surface area contributed by atoms with Crippen LogP contribution in [0, 0.1) is 0 Å². The molecule has 1 atom stereocenters. The molecule has 0 spiro atoms. The molecular weight excluding hydrogens is 266 g/mol. The normalized spacial score (nSPS) is 21.5. The summed E-state index contributed by atoms with van der Waals surface area (Å²) in [4.78, 5) is 28.2. The Morgan fingerprint density at radius 1 is 1.24 bits per heavy atom. The first-order valence-corrected chi connectivity index (χ1v) is 7.54. The van der Waals surface area contributed by atoms with Gasteiger partial charge in [-0.2, -0.15) is 0 Å². The van der Waals surface area contributed by atoms with Crippen molar-refractivity contribution in [3.63, 3.8) is 0 Å². The van der Waals surface area contributed by atoms with Crippen LogP contribution in [0.1, 0.15) is 26.7 Å². The van der Waals surface area contributed by atoms with Crippen LogP contribution in [-0.2, 0) is 9.59 Å². The van der Waals surface area contributed by atoms with E-state index in [1.165, 1.54) is 0 Å². The molecule has 1 aromatic rings. The summed E-state index contributed by atoms with van der Waals surface area (Å²) in [5.41, 5.74) is 2.04. The monoisotopic (exact) mass is 287 g/mol. The van der Waals surface area contributed by atoms with Crippen molar-refractivity contribution in [3.05, 3.63) is 24.3 Å². The maximum Gasteiger partial charge on any atom is 0.249 e. The zero-order chi connectivity index (χ0) is 15.0. The summed E-state index contributed by atoms with van der Waals surface area (Å²) in [5, 5.41) is 2.77. The first-order valence-electron chi connectivity index (χ1n) is 7.54. The van der Waals surface area contributed by atoms with Crippen molar-refractivity contribution in [2.24, 2.45) is 0 Å². The number of amides is 2. The minimum atomic E-state index is -0.365. The van der Waals surface area contributed by atoms with E-state index in [2.05, 4.69) is 30.1 Å². The van der Waals surface area contributed by atoms with Crippen molar-refractivity contribution in [2.75, 3.05) is 22.9 Å². The third-order valence-corrected chi connectivity index (χ3v) is 4.23. The lowest BCUT2D eigenvalue weighted by Gasteiger charge is -2.40. The van der Waals surface area contributed by atoms with E-state index in [-0.39, 0.29) is 17.9 Å². The smallest absolute Gasteiger partial charge is 0.249 e. The van der Waals surface area contributed by atoms with Crippen LogP contribution in [0.15, 0.2) is 24.3 Å². The van der Waals surface area contributed by atoms with Gasteiger partial charge in [0.15, 0.2) is 0 Å². The number of fused-ring (bicyclic) bond motifs is 1. The predicted octanol–water partition coefficient (Wildman–Crippen LogP) is 1.53. The van der Waals surface area contributed by atoms with Crippen molar-refractivity contribution < 1.29 is 9.59 Å². The lowest BCUT2D eigenvalue weighted by atomic mass is 10.1. The molecule has 0 saturated carbocycles. The number of anilines is 2. The second kappa shape index (κ2) is 5.39. The quantitative estimate of drug-likeness (QED) is 0.897. The Balaban J connectivity index is 1.89. The van der Waals surface area contributed by atoms with Gasteiger partial charge >= 0.3 is 0 Å². The van der Waals surface area contributed by atoms with E-state index in [4.69, 9.17) is 0 Å². The van der Waals surface area contributed by atoms with Gasteiger partial charge in [-0.05, 0) is 32.4 Å². The summed E-state index contributed by atoms with van der Waals surface area (Å²) < 4.78 is 0. The Bertz CT molecular complexity index is 570. The van der Waals surface area contributed by atoms with E-state index in [0.717, 1.165) is 17.9 Å². The fourth-order valence-electron chi connectivity index (χ4n) is 3.14. The van der Waals surface area contributed by atoms with Crippen LogP contribution in [0.4, 0.5) is 11.4 Å². The van der Waals surface area contributed by atoms with E-state index < -0.39 is 0 Å². The Hall–Kier alpha value is -2.04. The topological polar surface area (TPSA) is 52.7 Å². The van der Waals surface area contributed by atoms with Crippen LogP contribution < -0.4 is 15.1 Å². The molecule has 2 aliphatic heterocycles. The first kappa shape index (κ1) is 13.9. The summed E-state index contributed by atoms with van der Waals surface area (Å²) in [6, 6.07) is 8.03. The molecule has 5 heteroatoms. The molecule has 0 bridgehead atoms. The van der Waals surface area contributed by atoms with Gasteiger partial charge in [-0.3, -0.25) is 9.59 Å². The van der Waals surface area contributed by atoms with Crippen LogP contribution in [-0.4, -0.2) is 37.0 Å². The molecule has 112 valence electrons. The van der Waals surface area contributed by atoms with E-state index in [0.29, 0.717) is 25.4 Å². The molecule has 0 radical (unpaired) electrons. The number of nitrogens with one attached hydrogen (secondary N) is 1. The van der Waals surface area contributed by atoms with Gasteiger partial charge in [0.1, 0.15) is 6.04 Å². The van der Waals surface area contributed by atoms with Gasteiger partial charge in [0.25, 0.3) is 0 Å². The molecule has 1 fully saturated rings. The third kappa shape index (κ3) is 2.48. The highest BCUT2D eigenvalue weighted by molar-refractivity contribution is 6.03. The van der Waals surface area contributed by atoms with Crippen LogP contribution in [0.25, 0.3) is 0 Å². The molecule has 2 aliphatic rings. The molecule has 0 aliphatic carbocycles. The van der Waals surface area contributed by atoms with Crippen LogP contribution in [0.3, 0.4) is 0 Å². The average Bonchev–Trinajstić information content (AvgIpc) is 2.91. The number of rotatable bonds is 2. The Morgan fingerprint density at radius 2 is 1.95 bits per heavy atom. The third-order valence-electron chi connectivity index (χ3n) is 4.23. The Labute approximate surface area is 124 Å². The number of hydrogen-bond donors (Lipinski definition) is 1. The highest BCUT2D eigenvalue weighted by Crippen LogP contribution is 2.34. The summed E-state index contributed by atoms with van der Waals surface area (Å²) in [5.74, 6) is -0.0147. The van der Waals surface area contributed by atoms with Crippen LogP contribution in [0.2, 0.25) is 0 Å². The van der Waals surface area contributed by atoms with Crippen molar-refractivity contribution in [1.82, 2.24) is 5.32 Å². The van der Waals surface area contributed by atoms with Crippen molar-refractivity contribution in [1.29, 1.82) is 0 Å². The Kier molecular flexibility index (Phi) is 3.57. The van der Waals surface area contributed by atoms with Crippen molar-refractivity contribution in [2.45, 2.75) is 38.8 Å². The molecule has 2 heterocycles. The second-order valence-electron chi connectivity index (χ2n) is 5.92. The number of carbonyl (C=O) groups is 2. The fourth-order valence-corrected chi connectivity index (χ4v) is 3.14. The number of carbonyl (C=O) groups excluding carboxylic acids is 2. The second-order valence-corrected chi connectivity index (χ2v) is 5.92. The highest BCUT2D eigenvalue weighted by Gasteiger charge is 2.34. The van der Waals surface area contributed by atoms with Gasteiger partial charge in [-0.15, -0.1) is 0 Å². The molecule has 1 N–H and O–H groups in total. The molecule has 1 unspecified atom stereocenters. The summed E-state index contributed by atoms with van der Waals surface area (Å²) in [6.07, 6.45) is 1.05. The van der Waals surface area contributed by atoms with Gasteiger partial charge in [0.2, 0.25) is 11.8 Å². The van der Waals surface area contributed by atoms with Crippen LogP contribution in [0.5, 0.6) is 0 Å². The van der Waals surface area contributed by atoms with Crippen molar-refractivity contribution in [3.8, 4) is 0 Å². The Morgan fingerprint density at radius 3 is 2.57 bits per heavy atom. The largest absolute Gasteiger partial charge is 0.366 e. The first-order chi connectivity index (χ1) is 10.1. The predicted molar refractivity (Wildman–Crippen MR) is 82.4 cm³/mol. The summed E-state index contributed by atoms with van der Waals surface area (Å²) in [7, 11) is 0. The van der Waals surface area contributed by atoms with Crippen molar-refractivity contribution >= 4 is 23.2 Å². The molecule has 1 aromatic carbocycles. The van der Waals surface area contributed by atoms with Gasteiger partial charge in [-0.1, -0.05) is 12.1 Å². The molecule has 21 heavy (non-hydrogen) atoms. The van der Waals surface area contributed by atoms with E-state index in [9.17, 15) is 9.59 Å². The number of para-hydroxylation sites is 2. The van der Waals surface area contributed by atoms with Gasteiger partial charge < -0.3 is 15.1 Å². The molecular formula is C16H21N3O2. The van der Waals surface area contributed by atoms with E-state index in [1.807, 2.05) is 23.1 Å². The van der Waals surface area contributed by atoms with Gasteiger partial charge in [-0.25, -0.2) is 0 Å². The lowest BCUT2D eigenvalue weighted by molar-refractivity contribution is -0.124. The zero-order valence-corrected chi connectivity index (χ0v) is 12.5. The number of hydrogen-bond acceptors (Lipinski definition) is 3. The van der Waals surface area contributed by atoms with Gasteiger partial charge in [0, 0.05) is 25.6 Å². The van der Waals surface area contributed by atoms with E-state index in [1.54, 1.807) is 0 Å². The number of benzene rings is 1. The molecule has 1 saturated heterocycles. The minimum Gasteiger partial charge on any atom is -0.366 e. The maximum absolute atomic E-state index is 12.7. The minimum absolute atomic E-state index is 0.0108. The van der Waals surface area contributed by atoms with Crippen LogP contribution >= 0.6 is 0 Å². The zero-order valence-electron chi connectivity index (χ0n) is 12.5. The highest BCUT2D eigenvalue weighted by atomic mass is 16.2. The molecule has 0 aromatic heterocycles. The standard InChI is InChI=1S/C16H21N3O2/c1-11(2)18-9-10-19(14-6-4-3-5-13(14)18)16(21)12-7-8-15(20)17-12/h3-6,11-12H,7-10H2,1-2H3,(H,17,20). The lowest BCUT2D eigenvalue weighted by Crippen LogP contribution is -2.51.